The largest absolute Gasteiger partial charge is 0.338 e. The molecule has 3 nitrogen and oxygen atoms in total. The lowest BCUT2D eigenvalue weighted by atomic mass is 9.99. The highest BCUT2D eigenvalue weighted by Crippen LogP contribution is 2.33. The molecule has 1 aliphatic heterocycles. The number of amides is 1. The molecule has 0 saturated carbocycles. The number of piperidine rings is 1. The van der Waals surface area contributed by atoms with Crippen molar-refractivity contribution in [2.24, 2.45) is 5.92 Å². The van der Waals surface area contributed by atoms with E-state index in [9.17, 15) is 10.1 Å². The fraction of sp³-hybridized carbons (Fsp3) is 0.300. The first-order valence-electron chi connectivity index (χ1n) is 8.24. The van der Waals surface area contributed by atoms with Crippen LogP contribution in [0.5, 0.6) is 0 Å². The van der Waals surface area contributed by atoms with Gasteiger partial charge in [-0.3, -0.25) is 4.79 Å². The number of benzene rings is 2. The first-order chi connectivity index (χ1) is 11.7. The number of nitrogens with zero attached hydrogens (tertiary/aromatic N) is 2. The zero-order valence-corrected chi connectivity index (χ0v) is 14.6. The molecular formula is C20H20N2OS. The Hall–Kier alpha value is -2.25. The summed E-state index contributed by atoms with van der Waals surface area (Å²) in [6.07, 6.45) is 2.26. The summed E-state index contributed by atoms with van der Waals surface area (Å²) in [5.74, 6) is 0.654. The van der Waals surface area contributed by atoms with E-state index >= 15 is 0 Å². The Labute approximate surface area is 147 Å². The molecular weight excluding hydrogens is 316 g/mol. The van der Waals surface area contributed by atoms with E-state index in [0.29, 0.717) is 11.5 Å². The molecule has 2 aromatic rings. The number of hydrogen-bond donors (Lipinski definition) is 0. The van der Waals surface area contributed by atoms with Crippen LogP contribution in [-0.4, -0.2) is 23.9 Å². The van der Waals surface area contributed by atoms with Crippen LogP contribution in [0.2, 0.25) is 0 Å². The van der Waals surface area contributed by atoms with Crippen molar-refractivity contribution in [1.29, 1.82) is 5.26 Å². The first-order valence-corrected chi connectivity index (χ1v) is 9.06. The van der Waals surface area contributed by atoms with Crippen LogP contribution in [0.15, 0.2) is 58.3 Å². The Morgan fingerprint density at radius 3 is 2.62 bits per heavy atom. The van der Waals surface area contributed by atoms with Crippen molar-refractivity contribution < 1.29 is 4.79 Å². The molecule has 1 heterocycles. The topological polar surface area (TPSA) is 44.1 Å². The third-order valence-corrected chi connectivity index (χ3v) is 5.44. The third kappa shape index (κ3) is 3.63. The van der Waals surface area contributed by atoms with Crippen LogP contribution in [0, 0.1) is 17.2 Å². The zero-order valence-electron chi connectivity index (χ0n) is 13.7. The lowest BCUT2D eigenvalue weighted by Gasteiger charge is -2.31. The minimum Gasteiger partial charge on any atom is -0.338 e. The van der Waals surface area contributed by atoms with Gasteiger partial charge in [0.1, 0.15) is 6.07 Å². The summed E-state index contributed by atoms with van der Waals surface area (Å²) in [5.41, 5.74) is 1.36. The predicted molar refractivity (Wildman–Crippen MR) is 96.0 cm³/mol. The van der Waals surface area contributed by atoms with Crippen molar-refractivity contribution in [3.05, 3.63) is 59.7 Å². The Bertz CT molecular complexity index is 781. The number of rotatable bonds is 3. The Kier molecular flexibility index (Phi) is 5.22. The van der Waals surface area contributed by atoms with Crippen molar-refractivity contribution in [1.82, 2.24) is 4.90 Å². The lowest BCUT2D eigenvalue weighted by molar-refractivity contribution is 0.0679. The van der Waals surface area contributed by atoms with Gasteiger partial charge in [-0.2, -0.15) is 5.26 Å². The molecule has 1 saturated heterocycles. The van der Waals surface area contributed by atoms with E-state index in [-0.39, 0.29) is 5.91 Å². The third-order valence-electron chi connectivity index (χ3n) is 4.29. The van der Waals surface area contributed by atoms with E-state index in [1.54, 1.807) is 6.07 Å². The molecule has 0 aromatic heterocycles. The highest BCUT2D eigenvalue weighted by atomic mass is 32.2. The Morgan fingerprint density at radius 1 is 1.17 bits per heavy atom. The summed E-state index contributed by atoms with van der Waals surface area (Å²) in [4.78, 5) is 16.7. The molecule has 0 bridgehead atoms. The van der Waals surface area contributed by atoms with Crippen molar-refractivity contribution in [2.75, 3.05) is 13.1 Å². The fourth-order valence-corrected chi connectivity index (χ4v) is 4.06. The van der Waals surface area contributed by atoms with Crippen LogP contribution >= 0.6 is 11.8 Å². The van der Waals surface area contributed by atoms with Crippen molar-refractivity contribution in [3.63, 3.8) is 0 Å². The normalized spacial score (nSPS) is 17.3. The highest BCUT2D eigenvalue weighted by Gasteiger charge is 2.24. The van der Waals surface area contributed by atoms with Gasteiger partial charge in [-0.1, -0.05) is 43.0 Å². The van der Waals surface area contributed by atoms with Gasteiger partial charge >= 0.3 is 0 Å². The summed E-state index contributed by atoms with van der Waals surface area (Å²) >= 11 is 1.49. The fourth-order valence-electron chi connectivity index (χ4n) is 3.04. The number of carbonyl (C=O) groups is 1. The molecule has 0 N–H and O–H groups in total. The summed E-state index contributed by atoms with van der Waals surface area (Å²) in [6, 6.07) is 17.4. The van der Waals surface area contributed by atoms with Gasteiger partial charge < -0.3 is 4.90 Å². The molecule has 4 heteroatoms. The minimum absolute atomic E-state index is 0.0964. The second-order valence-electron chi connectivity index (χ2n) is 6.20. The molecule has 1 aliphatic rings. The molecule has 3 rings (SSSR count). The maximum absolute atomic E-state index is 13.0. The van der Waals surface area contributed by atoms with Gasteiger partial charge in [-0.25, -0.2) is 0 Å². The summed E-state index contributed by atoms with van der Waals surface area (Å²) in [7, 11) is 0. The molecule has 122 valence electrons. The van der Waals surface area contributed by atoms with Crippen molar-refractivity contribution >= 4 is 17.7 Å². The van der Waals surface area contributed by atoms with Gasteiger partial charge in [0.05, 0.1) is 11.1 Å². The average Bonchev–Trinajstić information content (AvgIpc) is 2.62. The maximum Gasteiger partial charge on any atom is 0.255 e. The number of carbonyl (C=O) groups excluding carboxylic acids is 1. The van der Waals surface area contributed by atoms with Crippen LogP contribution in [0.1, 0.15) is 35.7 Å². The van der Waals surface area contributed by atoms with Crippen LogP contribution in [0.3, 0.4) is 0 Å². The smallest absolute Gasteiger partial charge is 0.255 e. The highest BCUT2D eigenvalue weighted by molar-refractivity contribution is 7.99. The van der Waals surface area contributed by atoms with E-state index in [1.807, 2.05) is 47.4 Å². The van der Waals surface area contributed by atoms with Gasteiger partial charge in [-0.15, -0.1) is 0 Å². The van der Waals surface area contributed by atoms with E-state index in [1.165, 1.54) is 18.2 Å². The summed E-state index contributed by atoms with van der Waals surface area (Å²) in [5, 5.41) is 9.27. The zero-order chi connectivity index (χ0) is 16.9. The molecule has 24 heavy (non-hydrogen) atoms. The molecule has 0 spiro atoms. The monoisotopic (exact) mass is 336 g/mol. The molecule has 0 radical (unpaired) electrons. The second kappa shape index (κ2) is 7.55. The molecule has 1 fully saturated rings. The van der Waals surface area contributed by atoms with Crippen molar-refractivity contribution in [3.8, 4) is 6.07 Å². The second-order valence-corrected chi connectivity index (χ2v) is 7.29. The maximum atomic E-state index is 13.0. The molecule has 1 unspecified atom stereocenters. The predicted octanol–water partition coefficient (Wildman–Crippen LogP) is 4.58. The number of likely N-dealkylation sites (tertiary alicyclic amines) is 1. The Balaban J connectivity index is 1.88. The van der Waals surface area contributed by atoms with Crippen LogP contribution in [0.4, 0.5) is 0 Å². The van der Waals surface area contributed by atoms with E-state index < -0.39 is 0 Å². The summed E-state index contributed by atoms with van der Waals surface area (Å²) < 4.78 is 0. The van der Waals surface area contributed by atoms with Gasteiger partial charge in [0.25, 0.3) is 5.91 Å². The van der Waals surface area contributed by atoms with Crippen LogP contribution in [0.25, 0.3) is 0 Å². The minimum atomic E-state index is 0.0964. The Morgan fingerprint density at radius 2 is 1.88 bits per heavy atom. The van der Waals surface area contributed by atoms with Gasteiger partial charge in [0.2, 0.25) is 0 Å². The molecule has 1 atom stereocenters. The van der Waals surface area contributed by atoms with Gasteiger partial charge in [-0.05, 0) is 43.0 Å². The van der Waals surface area contributed by atoms with Crippen LogP contribution in [-0.2, 0) is 0 Å². The van der Waals surface area contributed by atoms with E-state index in [2.05, 4.69) is 13.0 Å². The van der Waals surface area contributed by atoms with Gasteiger partial charge in [0.15, 0.2) is 0 Å². The number of nitriles is 1. The first kappa shape index (κ1) is 16.6. The average molecular weight is 336 g/mol. The number of hydrogen-bond acceptors (Lipinski definition) is 3. The van der Waals surface area contributed by atoms with Crippen molar-refractivity contribution in [2.45, 2.75) is 29.6 Å². The van der Waals surface area contributed by atoms with E-state index in [0.717, 1.165) is 34.9 Å². The molecule has 2 aromatic carbocycles. The standard InChI is InChI=1S/C20H20N2OS/c1-15-7-6-12-22(14-15)20(23)17-9-3-5-11-19(17)24-18-10-4-2-8-16(18)13-21/h2-5,8-11,15H,6-7,12,14H2,1H3. The SMILES string of the molecule is CC1CCCN(C(=O)c2ccccc2Sc2ccccc2C#N)C1. The van der Waals surface area contributed by atoms with E-state index in [4.69, 9.17) is 0 Å². The molecule has 1 amide bonds. The lowest BCUT2D eigenvalue weighted by Crippen LogP contribution is -2.39. The quantitative estimate of drug-likeness (QED) is 0.824. The van der Waals surface area contributed by atoms with Crippen LogP contribution < -0.4 is 0 Å². The summed E-state index contributed by atoms with van der Waals surface area (Å²) in [6.45, 7) is 3.85. The molecule has 0 aliphatic carbocycles. The van der Waals surface area contributed by atoms with Gasteiger partial charge in [0, 0.05) is 22.9 Å².